The van der Waals surface area contributed by atoms with Gasteiger partial charge >= 0.3 is 0 Å². The van der Waals surface area contributed by atoms with Crippen LogP contribution in [0.2, 0.25) is 0 Å². The molecule has 0 aromatic heterocycles. The molecule has 0 atom stereocenters. The highest BCUT2D eigenvalue weighted by Gasteiger charge is 2.21. The SMILES string of the molecule is Cc1c(C(C)C)cc(C(C)C)cc1C(C)C.Cc1c(C(C)C)cccc1C(C)C.Cc1cc(C)c(C)c(C)c1.Cc1ccc(-c2ccc(C)cc2)cc1.Cc1ccc(-c2ccccc2)cc1.Cc1ccc(C(C)(C)C)cc1C(C)(C)C.Cc1ccc(C(C)C)cc1C(C)C. The summed E-state index contributed by atoms with van der Waals surface area (Å²) in [6.07, 6.45) is 0. The Hall–Kier alpha value is -7.02. The predicted octanol–water partition coefficient (Wildman–Crippen LogP) is 29.0. The van der Waals surface area contributed by atoms with Gasteiger partial charge in [0.25, 0.3) is 0 Å². The molecule has 0 fully saturated rings. The van der Waals surface area contributed by atoms with Gasteiger partial charge in [0.2, 0.25) is 0 Å². The van der Waals surface area contributed by atoms with E-state index in [9.17, 15) is 0 Å². The summed E-state index contributed by atoms with van der Waals surface area (Å²) in [5, 5.41) is 0. The van der Waals surface area contributed by atoms with Crippen LogP contribution in [0.4, 0.5) is 0 Å². The summed E-state index contributed by atoms with van der Waals surface area (Å²) in [5.41, 5.74) is 34.3. The van der Waals surface area contributed by atoms with Crippen molar-refractivity contribution in [2.75, 3.05) is 0 Å². The monoisotopic (exact) mass is 1260 g/mol. The average molecular weight is 1260 g/mol. The molecule has 9 rings (SSSR count). The third-order valence-corrected chi connectivity index (χ3v) is 18.3. The van der Waals surface area contributed by atoms with E-state index < -0.39 is 0 Å². The minimum atomic E-state index is 0.241. The van der Waals surface area contributed by atoms with Crippen molar-refractivity contribution in [1.29, 1.82) is 0 Å². The van der Waals surface area contributed by atoms with Crippen LogP contribution in [0, 0.1) is 76.2 Å². The Bertz CT molecular complexity index is 3540. The van der Waals surface area contributed by atoms with Crippen molar-refractivity contribution in [2.24, 2.45) is 0 Å². The Balaban J connectivity index is 0.000000287. The van der Waals surface area contributed by atoms with E-state index in [0.29, 0.717) is 41.4 Å². The van der Waals surface area contributed by atoms with Crippen LogP contribution >= 0.6 is 0 Å². The zero-order chi connectivity index (χ0) is 71.1. The number of aryl methyl sites for hydroxylation is 8. The summed E-state index contributed by atoms with van der Waals surface area (Å²) in [7, 11) is 0. The van der Waals surface area contributed by atoms with Gasteiger partial charge in [0.05, 0.1) is 0 Å². The predicted molar refractivity (Wildman–Crippen MR) is 424 cm³/mol. The third kappa shape index (κ3) is 26.3. The molecule has 0 N–H and O–H groups in total. The van der Waals surface area contributed by atoms with Crippen LogP contribution in [0.3, 0.4) is 0 Å². The van der Waals surface area contributed by atoms with E-state index in [1.807, 2.05) is 6.07 Å². The van der Waals surface area contributed by atoms with Crippen LogP contribution in [-0.4, -0.2) is 0 Å². The van der Waals surface area contributed by atoms with Crippen LogP contribution in [0.1, 0.15) is 291 Å². The van der Waals surface area contributed by atoms with Gasteiger partial charge in [-0.05, 0) is 240 Å². The molecule has 0 bridgehead atoms. The van der Waals surface area contributed by atoms with Crippen LogP contribution in [0.5, 0.6) is 0 Å². The summed E-state index contributed by atoms with van der Waals surface area (Å²) in [5.74, 6) is 4.41. The average Bonchev–Trinajstić information content (AvgIpc) is 0.836. The highest BCUT2D eigenvalue weighted by molar-refractivity contribution is 5.64. The van der Waals surface area contributed by atoms with Crippen LogP contribution < -0.4 is 0 Å². The lowest BCUT2D eigenvalue weighted by molar-refractivity contribution is 0.566. The minimum Gasteiger partial charge on any atom is -0.0622 e. The van der Waals surface area contributed by atoms with E-state index in [-0.39, 0.29) is 10.8 Å². The molecule has 0 aliphatic heterocycles. The Morgan fingerprint density at radius 2 is 0.564 bits per heavy atom. The van der Waals surface area contributed by atoms with Gasteiger partial charge in [-0.2, -0.15) is 0 Å². The number of benzene rings is 9. The van der Waals surface area contributed by atoms with Gasteiger partial charge in [-0.25, -0.2) is 0 Å². The molecule has 9 aromatic rings. The second-order valence-electron chi connectivity index (χ2n) is 31.1. The van der Waals surface area contributed by atoms with E-state index in [1.54, 1.807) is 0 Å². The molecule has 0 nitrogen and oxygen atoms in total. The molecule has 9 aromatic carbocycles. The largest absolute Gasteiger partial charge is 0.0622 e. The number of rotatable bonds is 9. The molecule has 0 saturated carbocycles. The van der Waals surface area contributed by atoms with E-state index in [1.165, 1.54) is 134 Å². The fourth-order valence-corrected chi connectivity index (χ4v) is 11.9. The van der Waals surface area contributed by atoms with Gasteiger partial charge in [0.1, 0.15) is 0 Å². The normalized spacial score (nSPS) is 11.2. The van der Waals surface area contributed by atoms with Gasteiger partial charge < -0.3 is 0 Å². The standard InChI is InChI=1S/C16H26.C15H24.C14H14.C13H12.2C13H20.C10H14/c1-10(2)14-8-15(11(3)4)13(7)16(9-14)12(5)6;1-11-8-9-12(14(2,3)4)10-13(11)15(5,6)7;1-11-3-7-13(8-4-11)14-9-5-12(2)6-10-14;1-11-7-9-13(10-8-11)12-5-3-2-4-6-12;1-9(2)12-7-6-11(5)13(8-12)10(3)4;1-9(2)12-7-6-8-13(10(3)4)11(12)5;1-7-5-8(2)10(4)9(3)6-7/h8-12H,1-7H3;8-10H,1-7H3;3-10H,1-2H3;2-10H,1H3;2*6-10H,1-5H3;5-6H,1-4H3. The topological polar surface area (TPSA) is 0 Å². The Morgan fingerprint density at radius 3 is 0.904 bits per heavy atom. The van der Waals surface area contributed by atoms with Crippen molar-refractivity contribution >= 4 is 0 Å². The van der Waals surface area contributed by atoms with E-state index in [2.05, 4.69) is 391 Å². The van der Waals surface area contributed by atoms with Gasteiger partial charge in [0.15, 0.2) is 0 Å². The lowest BCUT2D eigenvalue weighted by Gasteiger charge is -2.26. The maximum atomic E-state index is 2.40. The molecule has 0 radical (unpaired) electrons. The zero-order valence-electron chi connectivity index (χ0n) is 65.4. The maximum Gasteiger partial charge on any atom is -0.0129 e. The molecule has 0 saturated heterocycles. The molecule has 0 aliphatic carbocycles. The Labute approximate surface area is 579 Å². The first-order valence-electron chi connectivity index (χ1n) is 35.5. The van der Waals surface area contributed by atoms with Crippen molar-refractivity contribution in [3.63, 3.8) is 0 Å². The van der Waals surface area contributed by atoms with E-state index >= 15 is 0 Å². The van der Waals surface area contributed by atoms with Gasteiger partial charge in [-0.3, -0.25) is 0 Å². The summed E-state index contributed by atoms with van der Waals surface area (Å²) in [4.78, 5) is 0. The van der Waals surface area contributed by atoms with Crippen molar-refractivity contribution < 1.29 is 0 Å². The second kappa shape index (κ2) is 37.9. The number of hydrogen-bond donors (Lipinski definition) is 0. The zero-order valence-corrected chi connectivity index (χ0v) is 65.4. The first kappa shape index (κ1) is 81.2. The second-order valence-corrected chi connectivity index (χ2v) is 31.1. The highest BCUT2D eigenvalue weighted by Crippen LogP contribution is 2.34. The smallest absolute Gasteiger partial charge is 0.0129 e. The molecule has 0 unspecified atom stereocenters. The third-order valence-electron chi connectivity index (χ3n) is 18.3. The summed E-state index contributed by atoms with van der Waals surface area (Å²) in [6, 6.07) is 65.9. The molecule has 0 amide bonds. The van der Waals surface area contributed by atoms with Gasteiger partial charge in [0, 0.05) is 0 Å². The van der Waals surface area contributed by atoms with Crippen LogP contribution in [0.25, 0.3) is 22.3 Å². The maximum absolute atomic E-state index is 2.40. The number of hydrogen-bond acceptors (Lipinski definition) is 0. The Kier molecular flexibility index (Phi) is 32.8. The van der Waals surface area contributed by atoms with E-state index in [4.69, 9.17) is 0 Å². The Morgan fingerprint density at radius 1 is 0.223 bits per heavy atom. The van der Waals surface area contributed by atoms with Gasteiger partial charge in [-0.1, -0.05) is 343 Å². The van der Waals surface area contributed by atoms with Crippen molar-refractivity contribution in [1.82, 2.24) is 0 Å². The highest BCUT2D eigenvalue weighted by atomic mass is 14.3. The first-order chi connectivity index (χ1) is 43.7. The molecule has 0 heterocycles. The molecule has 0 aliphatic rings. The first-order valence-corrected chi connectivity index (χ1v) is 35.5. The van der Waals surface area contributed by atoms with Crippen LogP contribution in [-0.2, 0) is 10.8 Å². The molecule has 94 heavy (non-hydrogen) atoms. The van der Waals surface area contributed by atoms with E-state index in [0.717, 1.165) is 0 Å². The molecule has 506 valence electrons. The summed E-state index contributed by atoms with van der Waals surface area (Å²) in [6.45, 7) is 69.2. The van der Waals surface area contributed by atoms with Crippen molar-refractivity contribution in [2.45, 2.75) is 267 Å². The fraction of sp³-hybridized carbons (Fsp3) is 0.426. The van der Waals surface area contributed by atoms with Crippen LogP contribution in [0.15, 0.2) is 182 Å². The minimum absolute atomic E-state index is 0.241. The quantitative estimate of drug-likeness (QED) is 0.135. The fourth-order valence-electron chi connectivity index (χ4n) is 11.9. The molecular formula is C94H130. The van der Waals surface area contributed by atoms with Gasteiger partial charge in [-0.15, -0.1) is 0 Å². The molecule has 0 spiro atoms. The lowest BCUT2D eigenvalue weighted by Crippen LogP contribution is -2.17. The lowest BCUT2D eigenvalue weighted by atomic mass is 9.79. The van der Waals surface area contributed by atoms with Crippen molar-refractivity contribution in [3.05, 3.63) is 293 Å². The summed E-state index contributed by atoms with van der Waals surface area (Å²) < 4.78 is 0. The summed E-state index contributed by atoms with van der Waals surface area (Å²) >= 11 is 0. The van der Waals surface area contributed by atoms with Crippen molar-refractivity contribution in [3.8, 4) is 22.3 Å². The molecule has 0 heteroatoms. The molecular weight excluding hydrogens is 1130 g/mol.